The van der Waals surface area contributed by atoms with Gasteiger partial charge >= 0.3 is 0 Å². The quantitative estimate of drug-likeness (QED) is 0.389. The van der Waals surface area contributed by atoms with Gasteiger partial charge < -0.3 is 10.5 Å². The molecular formula is C24H22Cl2N6O. The highest BCUT2D eigenvalue weighted by molar-refractivity contribution is 6.35. The number of rotatable bonds is 6. The second kappa shape index (κ2) is 8.65. The number of ether oxygens (including phenoxy) is 1. The van der Waals surface area contributed by atoms with Crippen LogP contribution in [0.1, 0.15) is 35.6 Å². The van der Waals surface area contributed by atoms with E-state index in [-0.39, 0.29) is 5.82 Å². The van der Waals surface area contributed by atoms with Gasteiger partial charge in [-0.15, -0.1) is 0 Å². The first-order chi connectivity index (χ1) is 16.0. The van der Waals surface area contributed by atoms with Gasteiger partial charge in [0.1, 0.15) is 11.4 Å². The zero-order valence-corrected chi connectivity index (χ0v) is 19.7. The monoisotopic (exact) mass is 480 g/mol. The average Bonchev–Trinajstić information content (AvgIpc) is 3.59. The minimum atomic E-state index is 0.255. The van der Waals surface area contributed by atoms with Crippen LogP contribution in [-0.4, -0.2) is 31.8 Å². The number of hydrogen-bond acceptors (Lipinski definition) is 6. The lowest BCUT2D eigenvalue weighted by Crippen LogP contribution is -2.07. The average molecular weight is 481 g/mol. The first-order valence-electron chi connectivity index (χ1n) is 10.6. The summed E-state index contributed by atoms with van der Waals surface area (Å²) in [5, 5.41) is 6.15. The lowest BCUT2D eigenvalue weighted by molar-refractivity contribution is 0.415. The van der Waals surface area contributed by atoms with Gasteiger partial charge in [0.25, 0.3) is 0 Å². The van der Waals surface area contributed by atoms with Gasteiger partial charge in [-0.3, -0.25) is 9.67 Å². The molecule has 1 aliphatic carbocycles. The Morgan fingerprint density at radius 2 is 1.76 bits per heavy atom. The second-order valence-corrected chi connectivity index (χ2v) is 8.86. The Kier molecular flexibility index (Phi) is 5.68. The van der Waals surface area contributed by atoms with Crippen molar-refractivity contribution in [3.63, 3.8) is 0 Å². The summed E-state index contributed by atoms with van der Waals surface area (Å²) in [7, 11) is 1.55. The molecule has 1 aliphatic rings. The number of halogens is 2. The molecule has 0 amide bonds. The predicted molar refractivity (Wildman–Crippen MR) is 130 cm³/mol. The van der Waals surface area contributed by atoms with Gasteiger partial charge in [-0.25, -0.2) is 9.97 Å². The maximum Gasteiger partial charge on any atom is 0.187 e. The highest BCUT2D eigenvalue weighted by Crippen LogP contribution is 2.44. The van der Waals surface area contributed by atoms with E-state index in [1.807, 2.05) is 35.0 Å². The van der Waals surface area contributed by atoms with Crippen molar-refractivity contribution in [3.05, 3.63) is 69.6 Å². The highest BCUT2D eigenvalue weighted by atomic mass is 35.5. The van der Waals surface area contributed by atoms with E-state index < -0.39 is 0 Å². The smallest absolute Gasteiger partial charge is 0.187 e. The molecule has 4 aromatic rings. The molecule has 0 spiro atoms. The lowest BCUT2D eigenvalue weighted by atomic mass is 10.1. The fourth-order valence-electron chi connectivity index (χ4n) is 4.08. The molecule has 7 nitrogen and oxygen atoms in total. The second-order valence-electron chi connectivity index (χ2n) is 8.04. The van der Waals surface area contributed by atoms with E-state index in [1.165, 1.54) is 0 Å². The summed E-state index contributed by atoms with van der Waals surface area (Å²) in [6, 6.07) is 9.23. The summed E-state index contributed by atoms with van der Waals surface area (Å²) in [4.78, 5) is 13.4. The summed E-state index contributed by atoms with van der Waals surface area (Å²) in [6.45, 7) is 2.52. The minimum Gasteiger partial charge on any atom is -0.491 e. The normalized spacial score (nSPS) is 13.3. The van der Waals surface area contributed by atoms with Crippen LogP contribution in [0.15, 0.2) is 42.7 Å². The Morgan fingerprint density at radius 3 is 2.39 bits per heavy atom. The third-order valence-corrected chi connectivity index (χ3v) is 6.54. The third-order valence-electron chi connectivity index (χ3n) is 5.83. The SMILES string of the molecule is COc1c(N)nc(-c2nn(Cc3c(Cl)cccc3Cl)c(C3CC3)c2C)nc1-c1ccncc1. The molecule has 2 N–H and O–H groups in total. The van der Waals surface area contributed by atoms with Gasteiger partial charge in [-0.1, -0.05) is 29.3 Å². The van der Waals surface area contributed by atoms with Crippen LogP contribution < -0.4 is 10.5 Å². The number of nitrogens with two attached hydrogens (primary N) is 1. The summed E-state index contributed by atoms with van der Waals surface area (Å²) < 4.78 is 7.49. The van der Waals surface area contributed by atoms with Crippen molar-refractivity contribution < 1.29 is 4.74 Å². The van der Waals surface area contributed by atoms with Gasteiger partial charge in [0, 0.05) is 50.7 Å². The van der Waals surface area contributed by atoms with Gasteiger partial charge in [0.2, 0.25) is 0 Å². The van der Waals surface area contributed by atoms with Crippen LogP contribution in [0.4, 0.5) is 5.82 Å². The molecule has 0 atom stereocenters. The van der Waals surface area contributed by atoms with Crippen molar-refractivity contribution in [2.24, 2.45) is 0 Å². The van der Waals surface area contributed by atoms with Crippen LogP contribution >= 0.6 is 23.2 Å². The van der Waals surface area contributed by atoms with Gasteiger partial charge in [0.05, 0.1) is 13.7 Å². The number of benzene rings is 1. The zero-order valence-electron chi connectivity index (χ0n) is 18.2. The summed E-state index contributed by atoms with van der Waals surface area (Å²) in [5.41, 5.74) is 11.4. The van der Waals surface area contributed by atoms with Crippen LogP contribution in [0.5, 0.6) is 5.75 Å². The third kappa shape index (κ3) is 4.03. The van der Waals surface area contributed by atoms with Gasteiger partial charge in [-0.05, 0) is 44.0 Å². The van der Waals surface area contributed by atoms with E-state index in [0.29, 0.717) is 45.5 Å². The van der Waals surface area contributed by atoms with Crippen molar-refractivity contribution in [3.8, 4) is 28.5 Å². The first-order valence-corrected chi connectivity index (χ1v) is 11.4. The number of methoxy groups -OCH3 is 1. The molecule has 5 rings (SSSR count). The molecule has 0 radical (unpaired) electrons. The molecule has 3 aromatic heterocycles. The van der Waals surface area contributed by atoms with E-state index in [4.69, 9.17) is 43.8 Å². The Hall–Kier alpha value is -3.16. The zero-order chi connectivity index (χ0) is 23.1. The molecule has 0 unspecified atom stereocenters. The van der Waals surface area contributed by atoms with E-state index in [2.05, 4.69) is 16.9 Å². The number of nitrogen functional groups attached to an aromatic ring is 1. The fourth-order valence-corrected chi connectivity index (χ4v) is 4.60. The molecule has 1 saturated carbocycles. The Bertz CT molecular complexity index is 1310. The maximum atomic E-state index is 6.45. The summed E-state index contributed by atoms with van der Waals surface area (Å²) in [5.74, 6) is 1.57. The molecular weight excluding hydrogens is 459 g/mol. The van der Waals surface area contributed by atoms with Crippen LogP contribution in [0.2, 0.25) is 10.0 Å². The van der Waals surface area contributed by atoms with Crippen LogP contribution in [0.25, 0.3) is 22.8 Å². The van der Waals surface area contributed by atoms with Gasteiger partial charge in [-0.2, -0.15) is 5.10 Å². The number of anilines is 1. The highest BCUT2D eigenvalue weighted by Gasteiger charge is 2.32. The summed E-state index contributed by atoms with van der Waals surface area (Å²) in [6.07, 6.45) is 5.64. The van der Waals surface area contributed by atoms with Crippen molar-refractivity contribution in [2.45, 2.75) is 32.2 Å². The van der Waals surface area contributed by atoms with E-state index in [9.17, 15) is 0 Å². The molecule has 168 valence electrons. The molecule has 9 heteroatoms. The molecule has 0 aliphatic heterocycles. The van der Waals surface area contributed by atoms with E-state index in [1.54, 1.807) is 19.5 Å². The van der Waals surface area contributed by atoms with E-state index >= 15 is 0 Å². The summed E-state index contributed by atoms with van der Waals surface area (Å²) >= 11 is 12.9. The number of hydrogen-bond donors (Lipinski definition) is 1. The van der Waals surface area contributed by atoms with Crippen molar-refractivity contribution in [1.82, 2.24) is 24.7 Å². The van der Waals surface area contributed by atoms with Crippen molar-refractivity contribution >= 4 is 29.0 Å². The van der Waals surface area contributed by atoms with Crippen LogP contribution in [0, 0.1) is 6.92 Å². The fraction of sp³-hybridized carbons (Fsp3) is 0.250. The van der Waals surface area contributed by atoms with Crippen LogP contribution in [-0.2, 0) is 6.54 Å². The minimum absolute atomic E-state index is 0.255. The topological polar surface area (TPSA) is 91.7 Å². The Balaban J connectivity index is 1.65. The number of pyridine rings is 1. The Labute approximate surface area is 201 Å². The van der Waals surface area contributed by atoms with Crippen molar-refractivity contribution in [1.29, 1.82) is 0 Å². The van der Waals surface area contributed by atoms with Crippen LogP contribution in [0.3, 0.4) is 0 Å². The lowest BCUT2D eigenvalue weighted by Gasteiger charge is -2.11. The number of aromatic nitrogens is 5. The predicted octanol–water partition coefficient (Wildman–Crippen LogP) is 5.53. The van der Waals surface area contributed by atoms with Gasteiger partial charge in [0.15, 0.2) is 17.4 Å². The molecule has 0 saturated heterocycles. The number of nitrogens with zero attached hydrogens (tertiary/aromatic N) is 5. The molecule has 0 bridgehead atoms. The first kappa shape index (κ1) is 21.7. The molecule has 1 fully saturated rings. The maximum absolute atomic E-state index is 6.45. The Morgan fingerprint density at radius 1 is 1.06 bits per heavy atom. The largest absolute Gasteiger partial charge is 0.491 e. The van der Waals surface area contributed by atoms with E-state index in [0.717, 1.165) is 35.2 Å². The molecule has 33 heavy (non-hydrogen) atoms. The van der Waals surface area contributed by atoms with Crippen molar-refractivity contribution in [2.75, 3.05) is 12.8 Å². The standard InChI is InChI=1S/C24H22Cl2N6O/c1-13-19(24-29-20(14-8-10-28-11-9-14)22(33-2)23(27)30-24)31-32(21(13)15-6-7-15)12-16-17(25)4-3-5-18(16)26/h3-5,8-11,15H,6-7,12H2,1-2H3,(H2,27,29,30). The molecule has 1 aromatic carbocycles. The molecule has 3 heterocycles.